The summed E-state index contributed by atoms with van der Waals surface area (Å²) in [5.41, 5.74) is 2.55. The van der Waals surface area contributed by atoms with Gasteiger partial charge in [-0.25, -0.2) is 4.79 Å². The quantitative estimate of drug-likeness (QED) is 0.521. The first-order valence-electron chi connectivity index (χ1n) is 4.35. The van der Waals surface area contributed by atoms with Gasteiger partial charge in [-0.3, -0.25) is 5.43 Å². The number of hydrogen-bond donors (Lipinski definition) is 1. The normalized spacial score (nSPS) is 10.6. The third-order valence-corrected chi connectivity index (χ3v) is 2.08. The number of esters is 1. The van der Waals surface area contributed by atoms with Gasteiger partial charge in [0.25, 0.3) is 0 Å². The minimum atomic E-state index is -0.826. The van der Waals surface area contributed by atoms with Crippen molar-refractivity contribution in [1.29, 1.82) is 5.26 Å². The van der Waals surface area contributed by atoms with Crippen molar-refractivity contribution in [3.05, 3.63) is 28.2 Å². The van der Waals surface area contributed by atoms with Gasteiger partial charge in [-0.05, 0) is 18.2 Å². The summed E-state index contributed by atoms with van der Waals surface area (Å²) in [5, 5.41) is 13.0. The largest absolute Gasteiger partial charge is 0.464 e. The minimum Gasteiger partial charge on any atom is -0.464 e. The molecule has 0 saturated carbocycles. The first-order valence-corrected chi connectivity index (χ1v) is 5.10. The number of hydrogen-bond acceptors (Lipinski definition) is 5. The standard InChI is InChI=1S/C10H7Cl2N3O2/c1-17-10(16)9(5-13)15-14-8-3-6(11)2-7(12)4-8/h2-4,14H,1H3/b15-9-. The number of nitriles is 1. The molecule has 88 valence electrons. The van der Waals surface area contributed by atoms with E-state index in [1.165, 1.54) is 0 Å². The van der Waals surface area contributed by atoms with E-state index in [9.17, 15) is 4.79 Å². The summed E-state index contributed by atoms with van der Waals surface area (Å²) in [5.74, 6) is -0.826. The molecule has 0 aromatic heterocycles. The summed E-state index contributed by atoms with van der Waals surface area (Å²) in [4.78, 5) is 11.0. The highest BCUT2D eigenvalue weighted by Crippen LogP contribution is 2.22. The highest BCUT2D eigenvalue weighted by Gasteiger charge is 2.10. The van der Waals surface area contributed by atoms with Crippen LogP contribution in [0.3, 0.4) is 0 Å². The van der Waals surface area contributed by atoms with E-state index < -0.39 is 11.7 Å². The zero-order valence-corrected chi connectivity index (χ0v) is 10.2. The summed E-state index contributed by atoms with van der Waals surface area (Å²) in [6, 6.07) is 6.23. The fraction of sp³-hybridized carbons (Fsp3) is 0.100. The Kier molecular flexibility index (Phi) is 4.76. The van der Waals surface area contributed by atoms with Crippen LogP contribution < -0.4 is 5.43 Å². The van der Waals surface area contributed by atoms with E-state index >= 15 is 0 Å². The molecule has 5 nitrogen and oxygen atoms in total. The molecule has 1 rings (SSSR count). The van der Waals surface area contributed by atoms with Crippen molar-refractivity contribution in [3.8, 4) is 6.07 Å². The van der Waals surface area contributed by atoms with Gasteiger partial charge in [0, 0.05) is 10.0 Å². The van der Waals surface area contributed by atoms with E-state index in [0.29, 0.717) is 15.7 Å². The lowest BCUT2D eigenvalue weighted by atomic mass is 10.3. The molecule has 0 amide bonds. The first kappa shape index (κ1) is 13.3. The Morgan fingerprint density at radius 3 is 2.47 bits per heavy atom. The van der Waals surface area contributed by atoms with E-state index in [1.807, 2.05) is 0 Å². The molecule has 0 bridgehead atoms. The number of methoxy groups -OCH3 is 1. The molecule has 1 aromatic rings. The highest BCUT2D eigenvalue weighted by atomic mass is 35.5. The molecule has 7 heteroatoms. The smallest absolute Gasteiger partial charge is 0.369 e. The highest BCUT2D eigenvalue weighted by molar-refractivity contribution is 6.43. The number of ether oxygens (including phenoxy) is 1. The van der Waals surface area contributed by atoms with Crippen molar-refractivity contribution in [2.24, 2.45) is 5.10 Å². The molecular formula is C10H7Cl2N3O2. The van der Waals surface area contributed by atoms with Crippen LogP contribution in [0.15, 0.2) is 23.3 Å². The van der Waals surface area contributed by atoms with Crippen LogP contribution in [-0.4, -0.2) is 18.8 Å². The second kappa shape index (κ2) is 6.09. The van der Waals surface area contributed by atoms with Gasteiger partial charge in [-0.15, -0.1) is 0 Å². The number of carbonyl (C=O) groups is 1. The van der Waals surface area contributed by atoms with E-state index in [1.54, 1.807) is 24.3 Å². The van der Waals surface area contributed by atoms with Crippen LogP contribution in [0.2, 0.25) is 10.0 Å². The number of carbonyl (C=O) groups excluding carboxylic acids is 1. The number of rotatable bonds is 3. The molecule has 0 aliphatic carbocycles. The molecule has 0 aliphatic heterocycles. The zero-order chi connectivity index (χ0) is 12.8. The van der Waals surface area contributed by atoms with Gasteiger partial charge in [0.05, 0.1) is 12.8 Å². The van der Waals surface area contributed by atoms with Gasteiger partial charge in [-0.2, -0.15) is 10.4 Å². The van der Waals surface area contributed by atoms with Gasteiger partial charge in [0.1, 0.15) is 6.07 Å². The molecular weight excluding hydrogens is 265 g/mol. The van der Waals surface area contributed by atoms with Crippen molar-refractivity contribution < 1.29 is 9.53 Å². The molecule has 0 atom stereocenters. The lowest BCUT2D eigenvalue weighted by molar-refractivity contribution is -0.132. The minimum absolute atomic E-state index is 0.399. The molecule has 0 unspecified atom stereocenters. The van der Waals surface area contributed by atoms with Crippen LogP contribution in [0.1, 0.15) is 0 Å². The number of hydrazone groups is 1. The Morgan fingerprint density at radius 1 is 1.41 bits per heavy atom. The van der Waals surface area contributed by atoms with Gasteiger partial charge in [0.15, 0.2) is 0 Å². The summed E-state index contributed by atoms with van der Waals surface area (Å²) in [6.45, 7) is 0. The van der Waals surface area contributed by atoms with Crippen molar-refractivity contribution >= 4 is 40.6 Å². The molecule has 0 spiro atoms. The SMILES string of the molecule is COC(=O)/C(C#N)=N\Nc1cc(Cl)cc(Cl)c1. The summed E-state index contributed by atoms with van der Waals surface area (Å²) in [7, 11) is 1.16. The molecule has 0 heterocycles. The Hall–Kier alpha value is -1.77. The number of nitrogens with one attached hydrogen (secondary N) is 1. The molecule has 0 aliphatic rings. The maximum absolute atomic E-state index is 11.0. The van der Waals surface area contributed by atoms with Crippen LogP contribution in [0.25, 0.3) is 0 Å². The monoisotopic (exact) mass is 271 g/mol. The van der Waals surface area contributed by atoms with Gasteiger partial charge < -0.3 is 4.74 Å². The average molecular weight is 272 g/mol. The van der Waals surface area contributed by atoms with Gasteiger partial charge >= 0.3 is 5.97 Å². The second-order valence-electron chi connectivity index (χ2n) is 2.83. The second-order valence-corrected chi connectivity index (χ2v) is 3.71. The summed E-state index contributed by atoms with van der Waals surface area (Å²) >= 11 is 11.5. The lowest BCUT2D eigenvalue weighted by Crippen LogP contribution is -2.15. The maximum atomic E-state index is 11.0. The third kappa shape index (κ3) is 3.94. The Labute approximate surface area is 108 Å². The number of halogens is 2. The van der Waals surface area contributed by atoms with E-state index in [-0.39, 0.29) is 0 Å². The van der Waals surface area contributed by atoms with E-state index in [2.05, 4.69) is 15.3 Å². The topological polar surface area (TPSA) is 74.5 Å². The lowest BCUT2D eigenvalue weighted by Gasteiger charge is -2.02. The van der Waals surface area contributed by atoms with Gasteiger partial charge in [0.2, 0.25) is 5.71 Å². The molecule has 0 radical (unpaired) electrons. The maximum Gasteiger partial charge on any atom is 0.369 e. The van der Waals surface area contributed by atoms with Crippen LogP contribution >= 0.6 is 23.2 Å². The zero-order valence-electron chi connectivity index (χ0n) is 8.70. The number of benzene rings is 1. The van der Waals surface area contributed by atoms with Crippen LogP contribution in [0.5, 0.6) is 0 Å². The van der Waals surface area contributed by atoms with Crippen molar-refractivity contribution in [2.45, 2.75) is 0 Å². The van der Waals surface area contributed by atoms with Crippen LogP contribution in [0.4, 0.5) is 5.69 Å². The van der Waals surface area contributed by atoms with Crippen LogP contribution in [0, 0.1) is 11.3 Å². The van der Waals surface area contributed by atoms with E-state index in [0.717, 1.165) is 7.11 Å². The van der Waals surface area contributed by atoms with Gasteiger partial charge in [-0.1, -0.05) is 23.2 Å². The molecule has 0 fully saturated rings. The Morgan fingerprint density at radius 2 is 2.00 bits per heavy atom. The fourth-order valence-corrected chi connectivity index (χ4v) is 1.48. The molecule has 1 N–H and O–H groups in total. The Balaban J connectivity index is 2.88. The number of nitrogens with zero attached hydrogens (tertiary/aromatic N) is 2. The summed E-state index contributed by atoms with van der Waals surface area (Å²) in [6.07, 6.45) is 0. The molecule has 1 aromatic carbocycles. The molecule has 17 heavy (non-hydrogen) atoms. The predicted octanol–water partition coefficient (Wildman–Crippen LogP) is 2.46. The third-order valence-electron chi connectivity index (χ3n) is 1.64. The Bertz CT molecular complexity index is 489. The summed E-state index contributed by atoms with van der Waals surface area (Å²) < 4.78 is 4.35. The van der Waals surface area contributed by atoms with Crippen LogP contribution in [-0.2, 0) is 9.53 Å². The van der Waals surface area contributed by atoms with E-state index in [4.69, 9.17) is 28.5 Å². The number of anilines is 1. The molecule has 0 saturated heterocycles. The van der Waals surface area contributed by atoms with Crippen molar-refractivity contribution in [2.75, 3.05) is 12.5 Å². The van der Waals surface area contributed by atoms with Crippen molar-refractivity contribution in [1.82, 2.24) is 0 Å². The first-order chi connectivity index (χ1) is 8.06. The predicted molar refractivity (Wildman–Crippen MR) is 65.1 cm³/mol. The fourth-order valence-electron chi connectivity index (χ4n) is 0.952. The average Bonchev–Trinajstić information content (AvgIpc) is 2.28. The van der Waals surface area contributed by atoms with Crippen molar-refractivity contribution in [3.63, 3.8) is 0 Å².